The van der Waals surface area contributed by atoms with Crippen LogP contribution in [0.1, 0.15) is 41.5 Å². The topological polar surface area (TPSA) is 69.6 Å². The Balaban J connectivity index is 2.10. The van der Waals surface area contributed by atoms with E-state index in [1.54, 1.807) is 0 Å². The van der Waals surface area contributed by atoms with Gasteiger partial charge in [-0.3, -0.25) is 4.90 Å². The van der Waals surface area contributed by atoms with Crippen LogP contribution < -0.4 is 4.72 Å². The summed E-state index contributed by atoms with van der Waals surface area (Å²) < 4.78 is 28.3. The molecule has 0 bridgehead atoms. The van der Waals surface area contributed by atoms with E-state index in [-0.39, 0.29) is 12.6 Å². The van der Waals surface area contributed by atoms with Gasteiger partial charge in [-0.05, 0) is 69.3 Å². The summed E-state index contributed by atoms with van der Waals surface area (Å²) >= 11 is 0. The second-order valence-electron chi connectivity index (χ2n) is 6.86. The van der Waals surface area contributed by atoms with Crippen molar-refractivity contribution in [3.63, 3.8) is 0 Å². The van der Waals surface area contributed by atoms with Crippen LogP contribution in [-0.4, -0.2) is 50.7 Å². The van der Waals surface area contributed by atoms with Gasteiger partial charge in [-0.25, -0.2) is 13.1 Å². The fourth-order valence-electron chi connectivity index (χ4n) is 3.54. The van der Waals surface area contributed by atoms with Crippen molar-refractivity contribution in [1.29, 1.82) is 0 Å². The number of rotatable bonds is 6. The zero-order valence-electron chi connectivity index (χ0n) is 15.2. The Morgan fingerprint density at radius 1 is 1.17 bits per heavy atom. The van der Waals surface area contributed by atoms with Crippen molar-refractivity contribution in [2.24, 2.45) is 0 Å². The molecule has 5 nitrogen and oxygen atoms in total. The third-order valence-electron chi connectivity index (χ3n) is 5.22. The number of nitrogens with zero attached hydrogens (tertiary/aromatic N) is 1. The molecule has 0 spiro atoms. The van der Waals surface area contributed by atoms with E-state index in [0.29, 0.717) is 18.0 Å². The molecule has 24 heavy (non-hydrogen) atoms. The number of aliphatic hydroxyl groups excluding tert-OH is 1. The summed E-state index contributed by atoms with van der Waals surface area (Å²) in [5, 5.41) is 9.45. The molecular weight excluding hydrogens is 324 g/mol. The number of nitrogens with one attached hydrogen (secondary N) is 1. The van der Waals surface area contributed by atoms with Crippen molar-refractivity contribution >= 4 is 10.0 Å². The molecule has 1 aromatic rings. The van der Waals surface area contributed by atoms with Gasteiger partial charge in [0.05, 0.1) is 11.5 Å². The highest BCUT2D eigenvalue weighted by atomic mass is 32.2. The third-order valence-corrected chi connectivity index (χ3v) is 6.95. The van der Waals surface area contributed by atoms with Crippen LogP contribution in [0.2, 0.25) is 0 Å². The van der Waals surface area contributed by atoms with E-state index in [0.717, 1.165) is 48.1 Å². The van der Waals surface area contributed by atoms with E-state index in [2.05, 4.69) is 9.62 Å². The fraction of sp³-hybridized carbons (Fsp3) is 0.667. The Kier molecular flexibility index (Phi) is 6.42. The molecule has 0 saturated carbocycles. The van der Waals surface area contributed by atoms with Gasteiger partial charge in [-0.15, -0.1) is 0 Å². The summed E-state index contributed by atoms with van der Waals surface area (Å²) in [5.41, 5.74) is 3.62. The average molecular weight is 355 g/mol. The van der Waals surface area contributed by atoms with Gasteiger partial charge in [0.25, 0.3) is 0 Å². The minimum Gasteiger partial charge on any atom is -0.395 e. The highest BCUT2D eigenvalue weighted by Gasteiger charge is 2.24. The van der Waals surface area contributed by atoms with Crippen LogP contribution in [0, 0.1) is 27.7 Å². The van der Waals surface area contributed by atoms with E-state index in [4.69, 9.17) is 0 Å². The van der Waals surface area contributed by atoms with Crippen LogP contribution in [-0.2, 0) is 10.0 Å². The highest BCUT2D eigenvalue weighted by Crippen LogP contribution is 2.25. The van der Waals surface area contributed by atoms with Gasteiger partial charge < -0.3 is 5.11 Å². The predicted molar refractivity (Wildman–Crippen MR) is 96.9 cm³/mol. The first-order valence-corrected chi connectivity index (χ1v) is 10.2. The standard InChI is InChI=1S/C18H30N2O3S/c1-13-11-14(2)16(4)18(15(13)3)24(22,23)19-8-10-20-9-6-5-7-17(20)12-21/h11,17,19,21H,5-10,12H2,1-4H3/t17-/m0/s1. The second kappa shape index (κ2) is 7.95. The third kappa shape index (κ3) is 4.17. The maximum absolute atomic E-state index is 12.8. The molecule has 136 valence electrons. The van der Waals surface area contributed by atoms with Crippen LogP contribution in [0.4, 0.5) is 0 Å². The highest BCUT2D eigenvalue weighted by molar-refractivity contribution is 7.89. The van der Waals surface area contributed by atoms with Gasteiger partial charge in [-0.1, -0.05) is 12.5 Å². The Morgan fingerprint density at radius 3 is 2.38 bits per heavy atom. The maximum atomic E-state index is 12.8. The lowest BCUT2D eigenvalue weighted by molar-refractivity contribution is 0.0923. The van der Waals surface area contributed by atoms with Crippen molar-refractivity contribution in [1.82, 2.24) is 9.62 Å². The van der Waals surface area contributed by atoms with E-state index < -0.39 is 10.0 Å². The van der Waals surface area contributed by atoms with Gasteiger partial charge in [0.15, 0.2) is 0 Å². The second-order valence-corrected chi connectivity index (χ2v) is 8.56. The Morgan fingerprint density at radius 2 is 1.79 bits per heavy atom. The summed E-state index contributed by atoms with van der Waals surface area (Å²) in [6.07, 6.45) is 3.23. The molecule has 1 aliphatic rings. The van der Waals surface area contributed by atoms with Crippen molar-refractivity contribution < 1.29 is 13.5 Å². The minimum absolute atomic E-state index is 0.141. The van der Waals surface area contributed by atoms with Crippen LogP contribution in [0.25, 0.3) is 0 Å². The maximum Gasteiger partial charge on any atom is 0.241 e. The van der Waals surface area contributed by atoms with Crippen LogP contribution in [0.3, 0.4) is 0 Å². The van der Waals surface area contributed by atoms with Crippen molar-refractivity contribution in [2.45, 2.75) is 57.9 Å². The zero-order valence-corrected chi connectivity index (χ0v) is 16.0. The summed E-state index contributed by atoms with van der Waals surface area (Å²) in [5.74, 6) is 0. The van der Waals surface area contributed by atoms with E-state index >= 15 is 0 Å². The van der Waals surface area contributed by atoms with Gasteiger partial charge >= 0.3 is 0 Å². The molecule has 1 saturated heterocycles. The SMILES string of the molecule is Cc1cc(C)c(C)c(S(=O)(=O)NCCN2CCCC[C@H]2CO)c1C. The number of aliphatic hydroxyl groups is 1. The van der Waals surface area contributed by atoms with Crippen molar-refractivity contribution in [2.75, 3.05) is 26.2 Å². The predicted octanol–water partition coefficient (Wildman–Crippen LogP) is 2.05. The van der Waals surface area contributed by atoms with E-state index in [1.807, 2.05) is 33.8 Å². The largest absolute Gasteiger partial charge is 0.395 e. The lowest BCUT2D eigenvalue weighted by Gasteiger charge is -2.34. The number of aryl methyl sites for hydroxylation is 2. The summed E-state index contributed by atoms with van der Waals surface area (Å²) in [7, 11) is -3.53. The molecule has 0 aliphatic carbocycles. The Hall–Kier alpha value is -0.950. The van der Waals surface area contributed by atoms with Crippen LogP contribution >= 0.6 is 0 Å². The molecule has 1 heterocycles. The lowest BCUT2D eigenvalue weighted by Crippen LogP contribution is -2.45. The number of hydrogen-bond donors (Lipinski definition) is 2. The normalized spacial score (nSPS) is 19.6. The monoisotopic (exact) mass is 354 g/mol. The quantitative estimate of drug-likeness (QED) is 0.820. The van der Waals surface area contributed by atoms with Gasteiger partial charge in [0.2, 0.25) is 10.0 Å². The molecule has 1 atom stereocenters. The number of benzene rings is 1. The molecule has 0 radical (unpaired) electrons. The number of hydrogen-bond acceptors (Lipinski definition) is 4. The molecule has 1 fully saturated rings. The average Bonchev–Trinajstić information content (AvgIpc) is 2.53. The van der Waals surface area contributed by atoms with E-state index in [9.17, 15) is 13.5 Å². The first-order valence-electron chi connectivity index (χ1n) is 8.70. The molecule has 0 amide bonds. The molecule has 2 rings (SSSR count). The molecule has 0 aromatic heterocycles. The van der Waals surface area contributed by atoms with Gasteiger partial charge in [0, 0.05) is 19.1 Å². The summed E-state index contributed by atoms with van der Waals surface area (Å²) in [6, 6.07) is 2.19. The summed E-state index contributed by atoms with van der Waals surface area (Å²) in [6.45, 7) is 9.68. The van der Waals surface area contributed by atoms with Crippen LogP contribution in [0.5, 0.6) is 0 Å². The number of sulfonamides is 1. The van der Waals surface area contributed by atoms with Gasteiger partial charge in [0.1, 0.15) is 0 Å². The van der Waals surface area contributed by atoms with Gasteiger partial charge in [-0.2, -0.15) is 0 Å². The fourth-order valence-corrected chi connectivity index (χ4v) is 5.17. The Bertz CT molecular complexity index is 660. The lowest BCUT2D eigenvalue weighted by atomic mass is 10.0. The molecule has 1 aromatic carbocycles. The zero-order chi connectivity index (χ0) is 17.9. The first-order chi connectivity index (χ1) is 11.3. The summed E-state index contributed by atoms with van der Waals surface area (Å²) in [4.78, 5) is 2.60. The smallest absolute Gasteiger partial charge is 0.241 e. The Labute approximate surface area is 146 Å². The first kappa shape index (κ1) is 19.4. The van der Waals surface area contributed by atoms with Crippen molar-refractivity contribution in [3.8, 4) is 0 Å². The van der Waals surface area contributed by atoms with Crippen LogP contribution in [0.15, 0.2) is 11.0 Å². The number of likely N-dealkylation sites (tertiary alicyclic amines) is 1. The molecular formula is C18H30N2O3S. The molecule has 6 heteroatoms. The molecule has 1 aliphatic heterocycles. The number of piperidine rings is 1. The minimum atomic E-state index is -3.53. The molecule has 0 unspecified atom stereocenters. The van der Waals surface area contributed by atoms with E-state index in [1.165, 1.54) is 0 Å². The van der Waals surface area contributed by atoms with Crippen molar-refractivity contribution in [3.05, 3.63) is 28.3 Å². The molecule has 2 N–H and O–H groups in total.